The van der Waals surface area contributed by atoms with E-state index in [0.717, 1.165) is 25.9 Å². The van der Waals surface area contributed by atoms with Gasteiger partial charge in [0.1, 0.15) is 6.04 Å². The maximum absolute atomic E-state index is 12.1. The second kappa shape index (κ2) is 6.90. The first-order valence-corrected chi connectivity index (χ1v) is 7.03. The SMILES string of the molecule is COC1CC(C(=O)O)N(C(=O)NCCC2CCCO2)C1. The number of hydrogen-bond acceptors (Lipinski definition) is 4. The first kappa shape index (κ1) is 15.1. The maximum Gasteiger partial charge on any atom is 0.326 e. The average molecular weight is 286 g/mol. The van der Waals surface area contributed by atoms with Gasteiger partial charge in [0.2, 0.25) is 0 Å². The van der Waals surface area contributed by atoms with E-state index in [1.165, 1.54) is 12.0 Å². The van der Waals surface area contributed by atoms with Crippen molar-refractivity contribution in [2.45, 2.75) is 43.9 Å². The first-order chi connectivity index (χ1) is 9.61. The van der Waals surface area contributed by atoms with Gasteiger partial charge in [0.15, 0.2) is 0 Å². The molecular formula is C13H22N2O5. The van der Waals surface area contributed by atoms with Crippen molar-refractivity contribution in [3.05, 3.63) is 0 Å². The third-order valence-electron chi connectivity index (χ3n) is 3.91. The van der Waals surface area contributed by atoms with Crippen molar-refractivity contribution >= 4 is 12.0 Å². The second-order valence-corrected chi connectivity index (χ2v) is 5.26. The molecule has 0 aromatic carbocycles. The highest BCUT2D eigenvalue weighted by molar-refractivity contribution is 5.83. The van der Waals surface area contributed by atoms with Gasteiger partial charge in [-0.25, -0.2) is 9.59 Å². The molecule has 0 aliphatic carbocycles. The molecule has 0 aromatic rings. The number of carboxylic acids is 1. The molecular weight excluding hydrogens is 264 g/mol. The molecule has 7 nitrogen and oxygen atoms in total. The Morgan fingerprint density at radius 1 is 1.50 bits per heavy atom. The van der Waals surface area contributed by atoms with Crippen molar-refractivity contribution in [1.29, 1.82) is 0 Å². The zero-order valence-corrected chi connectivity index (χ0v) is 11.7. The number of methoxy groups -OCH3 is 1. The molecule has 0 bridgehead atoms. The smallest absolute Gasteiger partial charge is 0.326 e. The Bertz CT molecular complexity index is 357. The number of ether oxygens (including phenoxy) is 2. The van der Waals surface area contributed by atoms with E-state index in [1.807, 2.05) is 0 Å². The predicted octanol–water partition coefficient (Wildman–Crippen LogP) is 0.439. The monoisotopic (exact) mass is 286 g/mol. The number of carbonyl (C=O) groups is 2. The Morgan fingerprint density at radius 2 is 2.30 bits per heavy atom. The second-order valence-electron chi connectivity index (χ2n) is 5.26. The Kier molecular flexibility index (Phi) is 5.19. The van der Waals surface area contributed by atoms with Crippen molar-refractivity contribution in [2.24, 2.45) is 0 Å². The molecule has 3 atom stereocenters. The summed E-state index contributed by atoms with van der Waals surface area (Å²) in [6.45, 7) is 1.62. The number of nitrogens with one attached hydrogen (secondary N) is 1. The molecule has 2 fully saturated rings. The van der Waals surface area contributed by atoms with E-state index >= 15 is 0 Å². The van der Waals surface area contributed by atoms with Gasteiger partial charge < -0.3 is 24.8 Å². The zero-order valence-electron chi connectivity index (χ0n) is 11.7. The van der Waals surface area contributed by atoms with Gasteiger partial charge in [-0.15, -0.1) is 0 Å². The number of likely N-dealkylation sites (tertiary alicyclic amines) is 1. The molecule has 20 heavy (non-hydrogen) atoms. The van der Waals surface area contributed by atoms with Crippen LogP contribution in [0.4, 0.5) is 4.79 Å². The molecule has 0 saturated carbocycles. The molecule has 2 aliphatic heterocycles. The summed E-state index contributed by atoms with van der Waals surface area (Å²) in [5.41, 5.74) is 0. The number of hydrogen-bond donors (Lipinski definition) is 2. The van der Waals surface area contributed by atoms with Gasteiger partial charge in [0, 0.05) is 33.2 Å². The first-order valence-electron chi connectivity index (χ1n) is 7.03. The third kappa shape index (κ3) is 3.61. The van der Waals surface area contributed by atoms with Crippen LogP contribution in [0.5, 0.6) is 0 Å². The number of aliphatic carboxylic acids is 1. The molecule has 2 aliphatic rings. The van der Waals surface area contributed by atoms with Crippen LogP contribution in [-0.4, -0.2) is 67.1 Å². The summed E-state index contributed by atoms with van der Waals surface area (Å²) in [6.07, 6.45) is 3.22. The highest BCUT2D eigenvalue weighted by atomic mass is 16.5. The standard InChI is InChI=1S/C13H22N2O5/c1-19-10-7-11(12(16)17)15(8-10)13(18)14-5-4-9-3-2-6-20-9/h9-11H,2-8H2,1H3,(H,14,18)(H,16,17). The minimum atomic E-state index is -0.987. The van der Waals surface area contributed by atoms with Gasteiger partial charge in [0.25, 0.3) is 0 Å². The minimum absolute atomic E-state index is 0.208. The van der Waals surface area contributed by atoms with Crippen LogP contribution in [0.15, 0.2) is 0 Å². The summed E-state index contributed by atoms with van der Waals surface area (Å²) < 4.78 is 10.6. The molecule has 3 unspecified atom stereocenters. The lowest BCUT2D eigenvalue weighted by molar-refractivity contribution is -0.141. The summed E-state index contributed by atoms with van der Waals surface area (Å²) in [5, 5.41) is 11.9. The normalized spacial score (nSPS) is 29.6. The molecule has 0 spiro atoms. The summed E-state index contributed by atoms with van der Waals surface area (Å²) >= 11 is 0. The fraction of sp³-hybridized carbons (Fsp3) is 0.846. The lowest BCUT2D eigenvalue weighted by atomic mass is 10.2. The molecule has 114 valence electrons. The molecule has 2 heterocycles. The predicted molar refractivity (Wildman–Crippen MR) is 70.5 cm³/mol. The van der Waals surface area contributed by atoms with Gasteiger partial charge in [-0.1, -0.05) is 0 Å². The quantitative estimate of drug-likeness (QED) is 0.765. The Balaban J connectivity index is 1.79. The topological polar surface area (TPSA) is 88.1 Å². The van der Waals surface area contributed by atoms with Crippen molar-refractivity contribution in [1.82, 2.24) is 10.2 Å². The number of carboxylic acid groups (broad SMARTS) is 1. The summed E-state index contributed by atoms with van der Waals surface area (Å²) in [7, 11) is 1.53. The highest BCUT2D eigenvalue weighted by Gasteiger charge is 2.39. The number of amides is 2. The molecule has 7 heteroatoms. The van der Waals surface area contributed by atoms with Crippen LogP contribution in [0.1, 0.15) is 25.7 Å². The largest absolute Gasteiger partial charge is 0.480 e. The molecule has 2 rings (SSSR count). The number of rotatable bonds is 5. The van der Waals surface area contributed by atoms with E-state index in [9.17, 15) is 9.59 Å². The molecule has 2 saturated heterocycles. The third-order valence-corrected chi connectivity index (χ3v) is 3.91. The minimum Gasteiger partial charge on any atom is -0.480 e. The van der Waals surface area contributed by atoms with Crippen LogP contribution < -0.4 is 5.32 Å². The van der Waals surface area contributed by atoms with Crippen LogP contribution >= 0.6 is 0 Å². The number of carbonyl (C=O) groups excluding carboxylic acids is 1. The van der Waals surface area contributed by atoms with E-state index in [0.29, 0.717) is 19.5 Å². The molecule has 2 N–H and O–H groups in total. The zero-order chi connectivity index (χ0) is 14.5. The van der Waals surface area contributed by atoms with E-state index in [1.54, 1.807) is 0 Å². The van der Waals surface area contributed by atoms with E-state index in [-0.39, 0.29) is 18.2 Å². The van der Waals surface area contributed by atoms with Crippen molar-refractivity contribution in [2.75, 3.05) is 26.8 Å². The van der Waals surface area contributed by atoms with Gasteiger partial charge in [0.05, 0.1) is 12.2 Å². The van der Waals surface area contributed by atoms with Gasteiger partial charge in [-0.2, -0.15) is 0 Å². The fourth-order valence-corrected chi connectivity index (χ4v) is 2.74. The summed E-state index contributed by atoms with van der Waals surface area (Å²) in [6, 6.07) is -1.14. The summed E-state index contributed by atoms with van der Waals surface area (Å²) in [4.78, 5) is 24.6. The van der Waals surface area contributed by atoms with Gasteiger partial charge in [-0.3, -0.25) is 0 Å². The Hall–Kier alpha value is -1.34. The number of urea groups is 1. The maximum atomic E-state index is 12.1. The number of nitrogens with zero attached hydrogens (tertiary/aromatic N) is 1. The molecule has 2 amide bonds. The molecule has 0 radical (unpaired) electrons. The van der Waals surface area contributed by atoms with Gasteiger partial charge >= 0.3 is 12.0 Å². The van der Waals surface area contributed by atoms with E-state index < -0.39 is 12.0 Å². The van der Waals surface area contributed by atoms with E-state index in [4.69, 9.17) is 14.6 Å². The van der Waals surface area contributed by atoms with Crippen LogP contribution in [0.2, 0.25) is 0 Å². The van der Waals surface area contributed by atoms with Crippen LogP contribution in [0, 0.1) is 0 Å². The lowest BCUT2D eigenvalue weighted by Gasteiger charge is -2.22. The van der Waals surface area contributed by atoms with Crippen molar-refractivity contribution in [3.8, 4) is 0 Å². The van der Waals surface area contributed by atoms with Crippen molar-refractivity contribution < 1.29 is 24.2 Å². The molecule has 0 aromatic heterocycles. The fourth-order valence-electron chi connectivity index (χ4n) is 2.74. The van der Waals surface area contributed by atoms with Crippen molar-refractivity contribution in [3.63, 3.8) is 0 Å². The average Bonchev–Trinajstić information content (AvgIpc) is 3.07. The summed E-state index contributed by atoms with van der Waals surface area (Å²) in [5.74, 6) is -0.987. The van der Waals surface area contributed by atoms with Crippen LogP contribution in [0.25, 0.3) is 0 Å². The Morgan fingerprint density at radius 3 is 2.90 bits per heavy atom. The lowest BCUT2D eigenvalue weighted by Crippen LogP contribution is -2.46. The van der Waals surface area contributed by atoms with Crippen LogP contribution in [-0.2, 0) is 14.3 Å². The van der Waals surface area contributed by atoms with Gasteiger partial charge in [-0.05, 0) is 19.3 Å². The van der Waals surface area contributed by atoms with E-state index in [2.05, 4.69) is 5.32 Å². The van der Waals surface area contributed by atoms with Crippen LogP contribution in [0.3, 0.4) is 0 Å². The highest BCUT2D eigenvalue weighted by Crippen LogP contribution is 2.20. The Labute approximate surface area is 118 Å².